The van der Waals surface area contributed by atoms with E-state index in [2.05, 4.69) is 5.11 Å². The van der Waals surface area contributed by atoms with Gasteiger partial charge in [-0.25, -0.2) is 5.53 Å². The van der Waals surface area contributed by atoms with E-state index in [4.69, 9.17) is 27.3 Å². The zero-order valence-corrected chi connectivity index (χ0v) is 11.3. The van der Waals surface area contributed by atoms with Crippen molar-refractivity contribution in [1.29, 1.82) is 10.9 Å². The maximum atomic E-state index is 11.9. The fourth-order valence-electron chi connectivity index (χ4n) is 2.05. The molecular formula is C12H13ClN4O2. The predicted octanol–water partition coefficient (Wildman–Crippen LogP) is 2.69. The Hall–Kier alpha value is -1.95. The molecule has 0 atom stereocenters. The molecule has 1 heterocycles. The first kappa shape index (κ1) is 13.5. The van der Waals surface area contributed by atoms with Gasteiger partial charge in [0.25, 0.3) is 5.91 Å². The third kappa shape index (κ3) is 2.31. The van der Waals surface area contributed by atoms with Crippen molar-refractivity contribution in [3.63, 3.8) is 0 Å². The Labute approximate surface area is 115 Å². The van der Waals surface area contributed by atoms with Crippen LogP contribution in [0.5, 0.6) is 5.75 Å². The lowest BCUT2D eigenvalue weighted by molar-refractivity contribution is -0.121. The molecule has 0 fully saturated rings. The van der Waals surface area contributed by atoms with E-state index >= 15 is 0 Å². The topological polar surface area (TPSA) is 89.6 Å². The lowest BCUT2D eigenvalue weighted by Gasteiger charge is -2.31. The van der Waals surface area contributed by atoms with Crippen LogP contribution in [0.2, 0.25) is 5.02 Å². The standard InChI is InChI=1S/C12H13ClN4O2/c1-6-3-8-12(7(2)11(6)13)17(4-9(14)16-15)10(18)5-19-8/h3,14-15H,4-5H2,1-2H3. The van der Waals surface area contributed by atoms with E-state index in [1.165, 1.54) is 4.90 Å². The second kappa shape index (κ2) is 4.97. The van der Waals surface area contributed by atoms with Gasteiger partial charge in [0.15, 0.2) is 12.4 Å². The number of nitrogens with zero attached hydrogens (tertiary/aromatic N) is 2. The molecule has 0 bridgehead atoms. The molecule has 19 heavy (non-hydrogen) atoms. The zero-order valence-electron chi connectivity index (χ0n) is 10.6. The number of hydrogen-bond donors (Lipinski definition) is 2. The number of anilines is 1. The van der Waals surface area contributed by atoms with Crippen LogP contribution in [0.3, 0.4) is 0 Å². The van der Waals surface area contributed by atoms with Crippen LogP contribution in [0, 0.1) is 24.8 Å². The normalized spacial score (nSPS) is 13.8. The summed E-state index contributed by atoms with van der Waals surface area (Å²) in [6.07, 6.45) is 0. The molecule has 0 unspecified atom stereocenters. The van der Waals surface area contributed by atoms with Gasteiger partial charge in [-0.2, -0.15) is 0 Å². The van der Waals surface area contributed by atoms with Crippen molar-refractivity contribution in [2.24, 2.45) is 5.11 Å². The van der Waals surface area contributed by atoms with Crippen LogP contribution in [-0.4, -0.2) is 24.9 Å². The van der Waals surface area contributed by atoms with Crippen molar-refractivity contribution in [3.05, 3.63) is 22.2 Å². The molecular weight excluding hydrogens is 268 g/mol. The van der Waals surface area contributed by atoms with E-state index in [1.54, 1.807) is 13.0 Å². The van der Waals surface area contributed by atoms with Crippen molar-refractivity contribution >= 4 is 29.0 Å². The van der Waals surface area contributed by atoms with Crippen LogP contribution in [0.25, 0.3) is 0 Å². The third-order valence-corrected chi connectivity index (χ3v) is 3.56. The second-order valence-electron chi connectivity index (χ2n) is 4.31. The predicted molar refractivity (Wildman–Crippen MR) is 71.6 cm³/mol. The minimum Gasteiger partial charge on any atom is -0.482 e. The number of ether oxygens (including phenoxy) is 1. The summed E-state index contributed by atoms with van der Waals surface area (Å²) >= 11 is 6.19. The highest BCUT2D eigenvalue weighted by Gasteiger charge is 2.29. The van der Waals surface area contributed by atoms with Crippen LogP contribution in [0.1, 0.15) is 11.1 Å². The number of aryl methyl sites for hydroxylation is 1. The number of carbonyl (C=O) groups is 1. The first-order chi connectivity index (χ1) is 8.95. The summed E-state index contributed by atoms with van der Waals surface area (Å²) in [7, 11) is 0. The molecule has 1 aromatic rings. The van der Waals surface area contributed by atoms with Gasteiger partial charge >= 0.3 is 0 Å². The second-order valence-corrected chi connectivity index (χ2v) is 4.68. The van der Waals surface area contributed by atoms with E-state index in [0.717, 1.165) is 11.1 Å². The van der Waals surface area contributed by atoms with Gasteiger partial charge in [0.2, 0.25) is 0 Å². The molecule has 7 heteroatoms. The molecule has 6 nitrogen and oxygen atoms in total. The van der Waals surface area contributed by atoms with Crippen molar-refractivity contribution in [3.8, 4) is 5.75 Å². The Morgan fingerprint density at radius 3 is 2.89 bits per heavy atom. The van der Waals surface area contributed by atoms with E-state index in [9.17, 15) is 4.79 Å². The molecule has 1 aliphatic heterocycles. The molecule has 0 aliphatic carbocycles. The Balaban J connectivity index is 2.54. The molecule has 1 aliphatic rings. The molecule has 0 aromatic heterocycles. The summed E-state index contributed by atoms with van der Waals surface area (Å²) in [4.78, 5) is 13.3. The summed E-state index contributed by atoms with van der Waals surface area (Å²) < 4.78 is 5.40. The number of fused-ring (bicyclic) bond motifs is 1. The van der Waals surface area contributed by atoms with Gasteiger partial charge in [0.1, 0.15) is 5.75 Å². The quantitative estimate of drug-likeness (QED) is 0.495. The lowest BCUT2D eigenvalue weighted by Crippen LogP contribution is -2.42. The number of carbonyl (C=O) groups excluding carboxylic acids is 1. The number of halogens is 1. The number of hydrogen-bond acceptors (Lipinski definition) is 4. The molecule has 0 saturated carbocycles. The van der Waals surface area contributed by atoms with Gasteiger partial charge in [0, 0.05) is 5.02 Å². The summed E-state index contributed by atoms with van der Waals surface area (Å²) in [5.41, 5.74) is 8.96. The number of benzene rings is 1. The molecule has 1 aromatic carbocycles. The summed E-state index contributed by atoms with van der Waals surface area (Å²) in [5.74, 6) is 0.0954. The Kier molecular flexibility index (Phi) is 3.53. The summed E-state index contributed by atoms with van der Waals surface area (Å²) in [5, 5.41) is 11.0. The summed E-state index contributed by atoms with van der Waals surface area (Å²) in [6.45, 7) is 3.52. The molecule has 2 rings (SSSR count). The Morgan fingerprint density at radius 2 is 2.26 bits per heavy atom. The maximum Gasteiger partial charge on any atom is 0.265 e. The average molecular weight is 281 g/mol. The highest BCUT2D eigenvalue weighted by atomic mass is 35.5. The molecule has 0 radical (unpaired) electrons. The van der Waals surface area contributed by atoms with E-state index in [1.807, 2.05) is 6.92 Å². The monoisotopic (exact) mass is 280 g/mol. The average Bonchev–Trinajstić information content (AvgIpc) is 2.39. The third-order valence-electron chi connectivity index (χ3n) is 2.98. The molecule has 100 valence electrons. The lowest BCUT2D eigenvalue weighted by atomic mass is 10.1. The first-order valence-corrected chi connectivity index (χ1v) is 6.01. The smallest absolute Gasteiger partial charge is 0.265 e. The van der Waals surface area contributed by atoms with Gasteiger partial charge < -0.3 is 4.74 Å². The van der Waals surface area contributed by atoms with E-state index < -0.39 is 0 Å². The maximum absolute atomic E-state index is 11.9. The fraction of sp³-hybridized carbons (Fsp3) is 0.333. The minimum atomic E-state index is -0.274. The van der Waals surface area contributed by atoms with Crippen LogP contribution in [0.15, 0.2) is 11.2 Å². The largest absolute Gasteiger partial charge is 0.482 e. The van der Waals surface area contributed by atoms with Gasteiger partial charge in [-0.1, -0.05) is 11.6 Å². The van der Waals surface area contributed by atoms with Crippen LogP contribution >= 0.6 is 11.6 Å². The Morgan fingerprint density at radius 1 is 1.58 bits per heavy atom. The number of amidine groups is 1. The Bertz CT molecular complexity index is 586. The minimum absolute atomic E-state index is 0.0566. The van der Waals surface area contributed by atoms with Gasteiger partial charge in [-0.15, -0.1) is 5.11 Å². The molecule has 1 amide bonds. The molecule has 2 N–H and O–H groups in total. The highest BCUT2D eigenvalue weighted by Crippen LogP contribution is 2.40. The SMILES string of the molecule is Cc1cc2c(c(C)c1Cl)N(CC(=N)N=N)C(=O)CO2. The van der Waals surface area contributed by atoms with Crippen molar-refractivity contribution in [2.45, 2.75) is 13.8 Å². The van der Waals surface area contributed by atoms with Crippen LogP contribution in [0.4, 0.5) is 5.69 Å². The number of nitrogens with one attached hydrogen (secondary N) is 2. The van der Waals surface area contributed by atoms with Crippen molar-refractivity contribution < 1.29 is 9.53 Å². The molecule has 0 spiro atoms. The van der Waals surface area contributed by atoms with Crippen LogP contribution in [-0.2, 0) is 4.79 Å². The van der Waals surface area contributed by atoms with E-state index in [-0.39, 0.29) is 24.9 Å². The van der Waals surface area contributed by atoms with E-state index in [0.29, 0.717) is 16.5 Å². The van der Waals surface area contributed by atoms with Gasteiger partial charge in [-0.05, 0) is 31.0 Å². The van der Waals surface area contributed by atoms with Crippen LogP contribution < -0.4 is 9.64 Å². The van der Waals surface area contributed by atoms with Crippen molar-refractivity contribution in [2.75, 3.05) is 18.1 Å². The van der Waals surface area contributed by atoms with Crippen molar-refractivity contribution in [1.82, 2.24) is 0 Å². The highest BCUT2D eigenvalue weighted by molar-refractivity contribution is 6.32. The number of amides is 1. The first-order valence-electron chi connectivity index (χ1n) is 5.63. The molecule has 0 saturated heterocycles. The zero-order chi connectivity index (χ0) is 14.2. The fourth-order valence-corrected chi connectivity index (χ4v) is 2.20. The van der Waals surface area contributed by atoms with Gasteiger partial charge in [0.05, 0.1) is 12.2 Å². The number of rotatable bonds is 2. The van der Waals surface area contributed by atoms with Gasteiger partial charge in [-0.3, -0.25) is 15.1 Å². The summed E-state index contributed by atoms with van der Waals surface area (Å²) in [6, 6.07) is 1.77.